The van der Waals surface area contributed by atoms with Gasteiger partial charge in [0, 0.05) is 11.3 Å². The molecule has 0 saturated carbocycles. The third kappa shape index (κ3) is 6.42. The van der Waals surface area contributed by atoms with Crippen LogP contribution in [0.5, 0.6) is 11.5 Å². The molecule has 0 aliphatic rings. The van der Waals surface area contributed by atoms with Crippen LogP contribution in [-0.2, 0) is 14.3 Å². The Balaban J connectivity index is 1.81. The molecule has 0 saturated heterocycles. The predicted octanol–water partition coefficient (Wildman–Crippen LogP) is 3.24. The van der Waals surface area contributed by atoms with Gasteiger partial charge in [0.1, 0.15) is 11.5 Å². The van der Waals surface area contributed by atoms with Gasteiger partial charge >= 0.3 is 5.97 Å². The molecule has 0 heterocycles. The first kappa shape index (κ1) is 21.0. The van der Waals surface area contributed by atoms with Gasteiger partial charge in [-0.2, -0.15) is 0 Å². The van der Waals surface area contributed by atoms with E-state index < -0.39 is 18.0 Å². The minimum Gasteiger partial charge on any atom is -0.494 e. The molecule has 0 aliphatic heterocycles. The largest absolute Gasteiger partial charge is 0.494 e. The van der Waals surface area contributed by atoms with Crippen molar-refractivity contribution in [2.24, 2.45) is 0 Å². The molecule has 0 aromatic heterocycles. The lowest BCUT2D eigenvalue weighted by Crippen LogP contribution is -2.31. The van der Waals surface area contributed by atoms with E-state index in [2.05, 4.69) is 5.32 Å². The summed E-state index contributed by atoms with van der Waals surface area (Å²) in [5.74, 6) is -0.0960. The zero-order valence-corrected chi connectivity index (χ0v) is 16.1. The van der Waals surface area contributed by atoms with Gasteiger partial charge in [0.05, 0.1) is 6.61 Å². The third-order valence-electron chi connectivity index (χ3n) is 3.71. The summed E-state index contributed by atoms with van der Waals surface area (Å²) in [5, 5.41) is 2.61. The van der Waals surface area contributed by atoms with Crippen LogP contribution in [0.15, 0.2) is 48.5 Å². The number of benzene rings is 2. The molecule has 2 aromatic carbocycles. The number of carbonyl (C=O) groups is 3. The van der Waals surface area contributed by atoms with Gasteiger partial charge in [-0.1, -0.05) is 12.1 Å². The molecule has 1 N–H and O–H groups in total. The maximum Gasteiger partial charge on any atom is 0.344 e. The van der Waals surface area contributed by atoms with E-state index in [0.717, 1.165) is 0 Å². The van der Waals surface area contributed by atoms with Crippen LogP contribution >= 0.6 is 0 Å². The normalized spacial score (nSPS) is 11.2. The molecule has 1 amide bonds. The lowest BCUT2D eigenvalue weighted by molar-refractivity contribution is -0.155. The van der Waals surface area contributed by atoms with Gasteiger partial charge < -0.3 is 19.5 Å². The molecule has 148 valence electrons. The van der Waals surface area contributed by atoms with Gasteiger partial charge in [-0.15, -0.1) is 0 Å². The van der Waals surface area contributed by atoms with Crippen LogP contribution in [0, 0.1) is 0 Å². The topological polar surface area (TPSA) is 90.9 Å². The highest BCUT2D eigenvalue weighted by Crippen LogP contribution is 2.17. The average molecular weight is 385 g/mol. The lowest BCUT2D eigenvalue weighted by atomic mass is 10.1. The molecule has 0 radical (unpaired) electrons. The van der Waals surface area contributed by atoms with Crippen LogP contribution in [0.2, 0.25) is 0 Å². The summed E-state index contributed by atoms with van der Waals surface area (Å²) in [6.45, 7) is 5.02. The maximum atomic E-state index is 12.2. The van der Waals surface area contributed by atoms with Crippen LogP contribution in [0.4, 0.5) is 5.69 Å². The van der Waals surface area contributed by atoms with Gasteiger partial charge in [-0.25, -0.2) is 4.79 Å². The Bertz CT molecular complexity index is 831. The van der Waals surface area contributed by atoms with Gasteiger partial charge in [0.25, 0.3) is 5.91 Å². The van der Waals surface area contributed by atoms with Crippen molar-refractivity contribution in [3.63, 3.8) is 0 Å². The molecule has 0 spiro atoms. The van der Waals surface area contributed by atoms with Gasteiger partial charge in [0.2, 0.25) is 0 Å². The van der Waals surface area contributed by atoms with E-state index in [-0.39, 0.29) is 12.4 Å². The highest BCUT2D eigenvalue weighted by atomic mass is 16.6. The number of ketones is 1. The molecule has 0 fully saturated rings. The fourth-order valence-electron chi connectivity index (χ4n) is 2.29. The Hall–Kier alpha value is -3.35. The second-order valence-electron chi connectivity index (χ2n) is 5.95. The first-order valence-electron chi connectivity index (χ1n) is 8.86. The summed E-state index contributed by atoms with van der Waals surface area (Å²) in [7, 11) is 0. The molecule has 28 heavy (non-hydrogen) atoms. The number of anilines is 1. The number of hydrogen-bond acceptors (Lipinski definition) is 6. The Morgan fingerprint density at radius 2 is 1.64 bits per heavy atom. The second-order valence-corrected chi connectivity index (χ2v) is 5.95. The summed E-state index contributed by atoms with van der Waals surface area (Å²) in [4.78, 5) is 35.5. The van der Waals surface area contributed by atoms with Crippen molar-refractivity contribution in [2.75, 3.05) is 18.5 Å². The molecule has 0 aliphatic carbocycles. The Morgan fingerprint density at radius 1 is 1.00 bits per heavy atom. The maximum absolute atomic E-state index is 12.2. The van der Waals surface area contributed by atoms with Crippen LogP contribution in [0.3, 0.4) is 0 Å². The molecule has 0 unspecified atom stereocenters. The minimum atomic E-state index is -1.02. The van der Waals surface area contributed by atoms with Crippen molar-refractivity contribution < 1.29 is 28.6 Å². The fourth-order valence-corrected chi connectivity index (χ4v) is 2.29. The van der Waals surface area contributed by atoms with E-state index in [1.807, 2.05) is 6.92 Å². The Morgan fingerprint density at radius 3 is 2.25 bits per heavy atom. The molecular formula is C21H23NO6. The predicted molar refractivity (Wildman–Crippen MR) is 104 cm³/mol. The van der Waals surface area contributed by atoms with Crippen LogP contribution in [0.25, 0.3) is 0 Å². The Labute approximate surface area is 163 Å². The number of nitrogens with one attached hydrogen (secondary N) is 1. The van der Waals surface area contributed by atoms with E-state index in [9.17, 15) is 14.4 Å². The molecule has 0 bridgehead atoms. The van der Waals surface area contributed by atoms with Crippen molar-refractivity contribution in [1.29, 1.82) is 0 Å². The van der Waals surface area contributed by atoms with Crippen LogP contribution in [-0.4, -0.2) is 37.0 Å². The van der Waals surface area contributed by atoms with E-state index in [4.69, 9.17) is 14.2 Å². The van der Waals surface area contributed by atoms with Crippen molar-refractivity contribution in [1.82, 2.24) is 0 Å². The fraction of sp³-hybridized carbons (Fsp3) is 0.286. The number of Topliss-reactive ketones (excluding diaryl/α,β-unsaturated/α-hetero) is 1. The zero-order valence-electron chi connectivity index (χ0n) is 16.1. The van der Waals surface area contributed by atoms with Gasteiger partial charge in [0.15, 0.2) is 18.5 Å². The van der Waals surface area contributed by atoms with E-state index in [1.54, 1.807) is 48.5 Å². The second kappa shape index (κ2) is 10.1. The number of hydrogen-bond donors (Lipinski definition) is 1. The summed E-state index contributed by atoms with van der Waals surface area (Å²) in [5.41, 5.74) is 0.928. The molecule has 7 nitrogen and oxygen atoms in total. The summed E-state index contributed by atoms with van der Waals surface area (Å²) in [6, 6.07) is 13.3. The van der Waals surface area contributed by atoms with Crippen molar-refractivity contribution >= 4 is 23.3 Å². The average Bonchev–Trinajstić information content (AvgIpc) is 2.67. The third-order valence-corrected chi connectivity index (χ3v) is 3.71. The van der Waals surface area contributed by atoms with E-state index in [1.165, 1.54) is 13.8 Å². The van der Waals surface area contributed by atoms with E-state index >= 15 is 0 Å². The SMILES string of the molecule is CCOc1ccc(OCC(=O)O[C@H](C)C(=O)Nc2cccc(C(C)=O)c2)cc1. The minimum absolute atomic E-state index is 0.109. The highest BCUT2D eigenvalue weighted by Gasteiger charge is 2.18. The van der Waals surface area contributed by atoms with E-state index in [0.29, 0.717) is 29.4 Å². The summed E-state index contributed by atoms with van der Waals surface area (Å²) < 4.78 is 15.7. The van der Waals surface area contributed by atoms with Crippen LogP contribution < -0.4 is 14.8 Å². The quantitative estimate of drug-likeness (QED) is 0.526. The molecule has 1 atom stereocenters. The van der Waals surface area contributed by atoms with Crippen LogP contribution in [0.1, 0.15) is 31.1 Å². The smallest absolute Gasteiger partial charge is 0.344 e. The number of ether oxygens (including phenoxy) is 3. The van der Waals surface area contributed by atoms with Crippen molar-refractivity contribution in [3.8, 4) is 11.5 Å². The summed E-state index contributed by atoms with van der Waals surface area (Å²) in [6.07, 6.45) is -1.02. The molecule has 2 rings (SSSR count). The first-order chi connectivity index (χ1) is 13.4. The molecule has 7 heteroatoms. The molecular weight excluding hydrogens is 362 g/mol. The number of rotatable bonds is 9. The lowest BCUT2D eigenvalue weighted by Gasteiger charge is -2.14. The zero-order chi connectivity index (χ0) is 20.5. The van der Waals surface area contributed by atoms with Gasteiger partial charge in [-0.05, 0) is 57.2 Å². The highest BCUT2D eigenvalue weighted by molar-refractivity contribution is 5.98. The van der Waals surface area contributed by atoms with Crippen molar-refractivity contribution in [3.05, 3.63) is 54.1 Å². The van der Waals surface area contributed by atoms with Gasteiger partial charge in [-0.3, -0.25) is 9.59 Å². The first-order valence-corrected chi connectivity index (χ1v) is 8.86. The van der Waals surface area contributed by atoms with Crippen molar-refractivity contribution in [2.45, 2.75) is 26.9 Å². The molecule has 2 aromatic rings. The number of carbonyl (C=O) groups excluding carboxylic acids is 3. The Kier molecular flexibility index (Phi) is 7.56. The summed E-state index contributed by atoms with van der Waals surface area (Å²) >= 11 is 0. The number of esters is 1. The monoisotopic (exact) mass is 385 g/mol. The standard InChI is InChI=1S/C21H23NO6/c1-4-26-18-8-10-19(11-9-18)27-13-20(24)28-15(3)21(25)22-17-7-5-6-16(12-17)14(2)23/h5-12,15H,4,13H2,1-3H3,(H,22,25)/t15-/m1/s1. The number of amides is 1.